The highest BCUT2D eigenvalue weighted by Gasteiger charge is 2.17. The molecule has 7 heteroatoms. The van der Waals surface area contributed by atoms with E-state index in [9.17, 15) is 14.7 Å². The topological polar surface area (TPSA) is 122 Å². The van der Waals surface area contributed by atoms with Crippen LogP contribution in [0.5, 0.6) is 0 Å². The third-order valence-electron chi connectivity index (χ3n) is 3.12. The third kappa shape index (κ3) is 2.10. The first-order valence-corrected chi connectivity index (χ1v) is 6.03. The molecule has 0 atom stereocenters. The average molecular weight is 282 g/mol. The van der Waals surface area contributed by atoms with Crippen LogP contribution in [0.25, 0.3) is 22.3 Å². The number of aromatic carboxylic acids is 1. The summed E-state index contributed by atoms with van der Waals surface area (Å²) in [6, 6.07) is 6.55. The molecule has 0 aliphatic rings. The molecule has 0 aliphatic carbocycles. The molecule has 3 rings (SSSR count). The number of carboxylic acid groups (broad SMARTS) is 1. The van der Waals surface area contributed by atoms with Gasteiger partial charge in [-0.25, -0.2) is 14.8 Å². The lowest BCUT2D eigenvalue weighted by Crippen LogP contribution is -2.10. The lowest BCUT2D eigenvalue weighted by molar-refractivity contribution is 0.0699. The maximum atomic E-state index is 11.3. The number of aromatic amines is 1. The van der Waals surface area contributed by atoms with Gasteiger partial charge in [0.15, 0.2) is 0 Å². The smallest absolute Gasteiger partial charge is 0.338 e. The molecule has 1 aromatic carbocycles. The van der Waals surface area contributed by atoms with Crippen molar-refractivity contribution in [3.63, 3.8) is 0 Å². The molecule has 0 radical (unpaired) electrons. The van der Waals surface area contributed by atoms with Gasteiger partial charge in [-0.1, -0.05) is 12.1 Å². The highest BCUT2D eigenvalue weighted by atomic mass is 16.4. The number of hydrogen-bond acceptors (Lipinski definition) is 4. The Balaban J connectivity index is 2.29. The van der Waals surface area contributed by atoms with E-state index in [1.807, 2.05) is 0 Å². The van der Waals surface area contributed by atoms with E-state index in [1.54, 1.807) is 24.3 Å². The van der Waals surface area contributed by atoms with Crippen LogP contribution >= 0.6 is 0 Å². The molecule has 4 N–H and O–H groups in total. The van der Waals surface area contributed by atoms with Gasteiger partial charge in [-0.15, -0.1) is 0 Å². The number of H-pyrrole nitrogens is 1. The highest BCUT2D eigenvalue weighted by molar-refractivity contribution is 6.07. The van der Waals surface area contributed by atoms with Crippen molar-refractivity contribution >= 4 is 22.9 Å². The number of nitrogens with one attached hydrogen (secondary N) is 1. The van der Waals surface area contributed by atoms with Gasteiger partial charge >= 0.3 is 5.97 Å². The fourth-order valence-electron chi connectivity index (χ4n) is 2.17. The lowest BCUT2D eigenvalue weighted by Gasteiger charge is -2.05. The number of hydrogen-bond donors (Lipinski definition) is 3. The van der Waals surface area contributed by atoms with Crippen LogP contribution in [-0.4, -0.2) is 31.9 Å². The van der Waals surface area contributed by atoms with Crippen molar-refractivity contribution < 1.29 is 14.7 Å². The van der Waals surface area contributed by atoms with Crippen LogP contribution in [0.15, 0.2) is 36.8 Å². The van der Waals surface area contributed by atoms with Crippen LogP contribution in [0.2, 0.25) is 0 Å². The number of carboxylic acids is 1. The van der Waals surface area contributed by atoms with Crippen molar-refractivity contribution in [2.75, 3.05) is 0 Å². The summed E-state index contributed by atoms with van der Waals surface area (Å²) < 4.78 is 0. The number of carbonyl (C=O) groups is 2. The highest BCUT2D eigenvalue weighted by Crippen LogP contribution is 2.28. The van der Waals surface area contributed by atoms with E-state index < -0.39 is 11.9 Å². The summed E-state index contributed by atoms with van der Waals surface area (Å²) in [5.74, 6) is -1.64. The number of nitrogens with zero attached hydrogens (tertiary/aromatic N) is 2. The van der Waals surface area contributed by atoms with E-state index in [0.717, 1.165) is 0 Å². The van der Waals surface area contributed by atoms with Crippen LogP contribution in [0.4, 0.5) is 0 Å². The van der Waals surface area contributed by atoms with E-state index in [0.29, 0.717) is 27.9 Å². The second kappa shape index (κ2) is 4.71. The Bertz CT molecular complexity index is 870. The van der Waals surface area contributed by atoms with Crippen LogP contribution in [0, 0.1) is 0 Å². The molecule has 104 valence electrons. The molecule has 0 fully saturated rings. The minimum Gasteiger partial charge on any atom is -0.478 e. The molecule has 0 bridgehead atoms. The predicted molar refractivity (Wildman–Crippen MR) is 74.8 cm³/mol. The first-order valence-electron chi connectivity index (χ1n) is 6.03. The van der Waals surface area contributed by atoms with Crippen molar-refractivity contribution in [1.82, 2.24) is 15.0 Å². The van der Waals surface area contributed by atoms with Gasteiger partial charge in [0, 0.05) is 17.3 Å². The van der Waals surface area contributed by atoms with E-state index >= 15 is 0 Å². The van der Waals surface area contributed by atoms with Crippen molar-refractivity contribution in [2.24, 2.45) is 5.73 Å². The molecule has 0 spiro atoms. The summed E-state index contributed by atoms with van der Waals surface area (Å²) >= 11 is 0. The molecule has 0 saturated carbocycles. The van der Waals surface area contributed by atoms with Gasteiger partial charge in [0.1, 0.15) is 12.0 Å². The summed E-state index contributed by atoms with van der Waals surface area (Å²) in [6.45, 7) is 0. The van der Waals surface area contributed by atoms with E-state index in [4.69, 9.17) is 5.73 Å². The standard InChI is InChI=1S/C14H10N4O3/c15-12(19)8-3-1-2-7(4-8)11-10-9(14(20)21)5-16-13(10)18-6-17-11/h1-6H,(H2,15,19)(H,20,21)(H,16,17,18). The number of amides is 1. The quantitative estimate of drug-likeness (QED) is 0.670. The van der Waals surface area contributed by atoms with Gasteiger partial charge in [0.05, 0.1) is 16.6 Å². The largest absolute Gasteiger partial charge is 0.478 e. The first kappa shape index (κ1) is 12.8. The van der Waals surface area contributed by atoms with Crippen molar-refractivity contribution in [1.29, 1.82) is 0 Å². The summed E-state index contributed by atoms with van der Waals surface area (Å²) in [5.41, 5.74) is 7.11. The molecule has 1 amide bonds. The Hall–Kier alpha value is -3.22. The molecule has 0 saturated heterocycles. The van der Waals surface area contributed by atoms with Crippen molar-refractivity contribution in [3.05, 3.63) is 47.9 Å². The van der Waals surface area contributed by atoms with Crippen LogP contribution in [0.3, 0.4) is 0 Å². The molecule has 7 nitrogen and oxygen atoms in total. The van der Waals surface area contributed by atoms with Gasteiger partial charge in [0.25, 0.3) is 0 Å². The molecule has 0 aliphatic heterocycles. The molecular formula is C14H10N4O3. The van der Waals surface area contributed by atoms with Gasteiger partial charge in [0.2, 0.25) is 5.91 Å². The minimum atomic E-state index is -1.08. The molecule has 21 heavy (non-hydrogen) atoms. The summed E-state index contributed by atoms with van der Waals surface area (Å²) in [4.78, 5) is 33.5. The first-order chi connectivity index (χ1) is 10.1. The fourth-order valence-corrected chi connectivity index (χ4v) is 2.17. The number of nitrogens with two attached hydrogens (primary N) is 1. The molecule has 0 unspecified atom stereocenters. The van der Waals surface area contributed by atoms with Gasteiger partial charge < -0.3 is 15.8 Å². The Kier molecular flexibility index (Phi) is 2.87. The predicted octanol–water partition coefficient (Wildman–Crippen LogP) is 1.42. The average Bonchev–Trinajstić information content (AvgIpc) is 2.91. The summed E-state index contributed by atoms with van der Waals surface area (Å²) in [6.07, 6.45) is 2.69. The summed E-state index contributed by atoms with van der Waals surface area (Å²) in [7, 11) is 0. The number of fused-ring (bicyclic) bond motifs is 1. The summed E-state index contributed by atoms with van der Waals surface area (Å²) in [5, 5.41) is 9.63. The third-order valence-corrected chi connectivity index (χ3v) is 3.12. The second-order valence-corrected chi connectivity index (χ2v) is 4.40. The van der Waals surface area contributed by atoms with Gasteiger partial charge in [-0.05, 0) is 12.1 Å². The Morgan fingerprint density at radius 3 is 2.76 bits per heavy atom. The number of benzene rings is 1. The normalized spacial score (nSPS) is 10.7. The van der Waals surface area contributed by atoms with Crippen LogP contribution < -0.4 is 5.73 Å². The lowest BCUT2D eigenvalue weighted by atomic mass is 10.0. The number of aromatic nitrogens is 3. The van der Waals surface area contributed by atoms with Gasteiger partial charge in [-0.3, -0.25) is 4.79 Å². The minimum absolute atomic E-state index is 0.0741. The molecular weight excluding hydrogens is 272 g/mol. The second-order valence-electron chi connectivity index (χ2n) is 4.40. The maximum absolute atomic E-state index is 11.3. The van der Waals surface area contributed by atoms with E-state index in [2.05, 4.69) is 15.0 Å². The number of rotatable bonds is 3. The monoisotopic (exact) mass is 282 g/mol. The van der Waals surface area contributed by atoms with E-state index in [-0.39, 0.29) is 5.56 Å². The van der Waals surface area contributed by atoms with E-state index in [1.165, 1.54) is 12.5 Å². The van der Waals surface area contributed by atoms with Crippen LogP contribution in [-0.2, 0) is 0 Å². The van der Waals surface area contributed by atoms with Crippen LogP contribution in [0.1, 0.15) is 20.7 Å². The van der Waals surface area contributed by atoms with Gasteiger partial charge in [-0.2, -0.15) is 0 Å². The molecule has 2 aromatic heterocycles. The van der Waals surface area contributed by atoms with Crippen molar-refractivity contribution in [3.8, 4) is 11.3 Å². The zero-order valence-electron chi connectivity index (χ0n) is 10.7. The Morgan fingerprint density at radius 2 is 2.05 bits per heavy atom. The molecule has 2 heterocycles. The fraction of sp³-hybridized carbons (Fsp3) is 0. The zero-order valence-corrected chi connectivity index (χ0v) is 10.7. The Morgan fingerprint density at radius 1 is 1.24 bits per heavy atom. The van der Waals surface area contributed by atoms with Crippen molar-refractivity contribution in [2.45, 2.75) is 0 Å². The SMILES string of the molecule is NC(=O)c1cccc(-c2ncnc3[nH]cc(C(=O)O)c23)c1. The Labute approximate surface area is 118 Å². The zero-order chi connectivity index (χ0) is 15.0. The number of primary amides is 1. The maximum Gasteiger partial charge on any atom is 0.338 e. The molecule has 3 aromatic rings. The number of carbonyl (C=O) groups excluding carboxylic acids is 1.